The molecule has 0 saturated carbocycles. The lowest BCUT2D eigenvalue weighted by Crippen LogP contribution is -2.21. The molecule has 0 saturated heterocycles. The fourth-order valence-electron chi connectivity index (χ4n) is 1.15. The Hall–Kier alpha value is -1.31. The molecule has 0 spiro atoms. The van der Waals surface area contributed by atoms with Crippen LogP contribution in [-0.4, -0.2) is 11.4 Å². The molecule has 0 amide bonds. The maximum Gasteiger partial charge on any atom is 0.126 e. The molecule has 2 heteroatoms. The summed E-state index contributed by atoms with van der Waals surface area (Å²) in [6.07, 6.45) is 0. The number of aliphatic imine (C=N–C) groups is 1. The van der Waals surface area contributed by atoms with Crippen LogP contribution in [0.1, 0.15) is 31.9 Å². The first-order valence-electron chi connectivity index (χ1n) is 4.81. The van der Waals surface area contributed by atoms with Crippen molar-refractivity contribution in [1.82, 2.24) is 0 Å². The van der Waals surface area contributed by atoms with E-state index in [9.17, 15) is 0 Å². The molecule has 0 heterocycles. The second kappa shape index (κ2) is 3.82. The molecule has 76 valence electrons. The normalized spacial score (nSPS) is 13.0. The van der Waals surface area contributed by atoms with Gasteiger partial charge in [0.05, 0.1) is 5.54 Å². The molecular weight excluding hydrogens is 172 g/mol. The number of amidine groups is 1. The Labute approximate surface area is 85.9 Å². The van der Waals surface area contributed by atoms with Gasteiger partial charge in [-0.15, -0.1) is 0 Å². The first-order chi connectivity index (χ1) is 6.38. The summed E-state index contributed by atoms with van der Waals surface area (Å²) < 4.78 is 0. The van der Waals surface area contributed by atoms with Gasteiger partial charge in [-0.05, 0) is 27.7 Å². The zero-order valence-electron chi connectivity index (χ0n) is 9.33. The lowest BCUT2D eigenvalue weighted by atomic mass is 10.1. The van der Waals surface area contributed by atoms with Crippen molar-refractivity contribution in [3.05, 3.63) is 35.4 Å². The number of hydrogen-bond donors (Lipinski definition) is 1. The van der Waals surface area contributed by atoms with Crippen LogP contribution in [0.25, 0.3) is 0 Å². The molecule has 0 aromatic heterocycles. The molecule has 1 rings (SSSR count). The molecule has 1 aromatic rings. The molecule has 0 unspecified atom stereocenters. The van der Waals surface area contributed by atoms with E-state index in [1.807, 2.05) is 45.0 Å². The van der Waals surface area contributed by atoms with Crippen LogP contribution >= 0.6 is 0 Å². The van der Waals surface area contributed by atoms with Crippen molar-refractivity contribution in [3.8, 4) is 0 Å². The Kier molecular flexibility index (Phi) is 2.94. The third-order valence-electron chi connectivity index (χ3n) is 1.80. The van der Waals surface area contributed by atoms with Crippen LogP contribution in [0.15, 0.2) is 29.3 Å². The number of benzene rings is 1. The second-order valence-electron chi connectivity index (χ2n) is 4.53. The Balaban J connectivity index is 2.95. The van der Waals surface area contributed by atoms with E-state index in [1.165, 1.54) is 5.56 Å². The monoisotopic (exact) mass is 190 g/mol. The van der Waals surface area contributed by atoms with Crippen molar-refractivity contribution in [2.24, 2.45) is 10.7 Å². The molecule has 0 bridgehead atoms. The standard InChI is InChI=1S/C12H18N2/c1-9-5-7-10(8-6-9)11(13)14-12(2,3)4/h5-8H,1-4H3,(H2,13,14). The van der Waals surface area contributed by atoms with Crippen molar-refractivity contribution >= 4 is 5.84 Å². The highest BCUT2D eigenvalue weighted by Gasteiger charge is 2.08. The summed E-state index contributed by atoms with van der Waals surface area (Å²) in [5, 5.41) is 0. The third-order valence-corrected chi connectivity index (χ3v) is 1.80. The van der Waals surface area contributed by atoms with E-state index < -0.39 is 0 Å². The van der Waals surface area contributed by atoms with Gasteiger partial charge in [0, 0.05) is 5.56 Å². The van der Waals surface area contributed by atoms with Crippen LogP contribution in [0.3, 0.4) is 0 Å². The SMILES string of the molecule is Cc1ccc(C(N)=NC(C)(C)C)cc1. The Morgan fingerprint density at radius 3 is 2.07 bits per heavy atom. The van der Waals surface area contributed by atoms with Crippen molar-refractivity contribution in [2.45, 2.75) is 33.2 Å². The smallest absolute Gasteiger partial charge is 0.126 e. The largest absolute Gasteiger partial charge is 0.383 e. The molecule has 0 fully saturated rings. The minimum absolute atomic E-state index is 0.116. The van der Waals surface area contributed by atoms with E-state index in [0.29, 0.717) is 5.84 Å². The highest BCUT2D eigenvalue weighted by atomic mass is 14.9. The molecule has 2 nitrogen and oxygen atoms in total. The van der Waals surface area contributed by atoms with E-state index in [1.54, 1.807) is 0 Å². The highest BCUT2D eigenvalue weighted by Crippen LogP contribution is 2.09. The fraction of sp³-hybridized carbons (Fsp3) is 0.417. The number of hydrogen-bond acceptors (Lipinski definition) is 1. The van der Waals surface area contributed by atoms with Crippen LogP contribution < -0.4 is 5.73 Å². The summed E-state index contributed by atoms with van der Waals surface area (Å²) in [4.78, 5) is 4.40. The highest BCUT2D eigenvalue weighted by molar-refractivity contribution is 5.97. The molecule has 14 heavy (non-hydrogen) atoms. The third kappa shape index (κ3) is 3.21. The second-order valence-corrected chi connectivity index (χ2v) is 4.53. The lowest BCUT2D eigenvalue weighted by Gasteiger charge is -2.13. The maximum atomic E-state index is 5.88. The van der Waals surface area contributed by atoms with Gasteiger partial charge in [-0.25, -0.2) is 0 Å². The zero-order valence-corrected chi connectivity index (χ0v) is 9.33. The quantitative estimate of drug-likeness (QED) is 0.536. The topological polar surface area (TPSA) is 38.4 Å². The van der Waals surface area contributed by atoms with Crippen molar-refractivity contribution in [3.63, 3.8) is 0 Å². The summed E-state index contributed by atoms with van der Waals surface area (Å²) in [7, 11) is 0. The molecule has 0 aliphatic heterocycles. The zero-order chi connectivity index (χ0) is 10.8. The van der Waals surface area contributed by atoms with E-state index in [2.05, 4.69) is 11.9 Å². The Morgan fingerprint density at radius 1 is 1.14 bits per heavy atom. The minimum atomic E-state index is -0.116. The Bertz CT molecular complexity index is 328. The number of nitrogens with two attached hydrogens (primary N) is 1. The lowest BCUT2D eigenvalue weighted by molar-refractivity contribution is 0.583. The average molecular weight is 190 g/mol. The van der Waals surface area contributed by atoms with Gasteiger partial charge in [-0.2, -0.15) is 0 Å². The predicted molar refractivity (Wildman–Crippen MR) is 61.7 cm³/mol. The van der Waals surface area contributed by atoms with Crippen molar-refractivity contribution in [1.29, 1.82) is 0 Å². The van der Waals surface area contributed by atoms with E-state index >= 15 is 0 Å². The summed E-state index contributed by atoms with van der Waals surface area (Å²) >= 11 is 0. The summed E-state index contributed by atoms with van der Waals surface area (Å²) in [5.74, 6) is 0.609. The van der Waals surface area contributed by atoms with Gasteiger partial charge < -0.3 is 5.73 Å². The molecule has 1 aromatic carbocycles. The van der Waals surface area contributed by atoms with Crippen LogP contribution in [-0.2, 0) is 0 Å². The predicted octanol–water partition coefficient (Wildman–Crippen LogP) is 2.50. The van der Waals surface area contributed by atoms with Gasteiger partial charge in [0.1, 0.15) is 5.84 Å². The molecule has 0 atom stereocenters. The summed E-state index contributed by atoms with van der Waals surface area (Å²) in [6.45, 7) is 8.16. The number of aryl methyl sites for hydroxylation is 1. The van der Waals surface area contributed by atoms with Gasteiger partial charge >= 0.3 is 0 Å². The number of nitrogens with zero attached hydrogens (tertiary/aromatic N) is 1. The Morgan fingerprint density at radius 2 is 1.64 bits per heavy atom. The van der Waals surface area contributed by atoms with Crippen molar-refractivity contribution in [2.75, 3.05) is 0 Å². The molecule has 0 radical (unpaired) electrons. The van der Waals surface area contributed by atoms with Gasteiger partial charge in [0.15, 0.2) is 0 Å². The minimum Gasteiger partial charge on any atom is -0.383 e. The van der Waals surface area contributed by atoms with Gasteiger partial charge in [0.2, 0.25) is 0 Å². The average Bonchev–Trinajstić information content (AvgIpc) is 2.02. The fourth-order valence-corrected chi connectivity index (χ4v) is 1.15. The van der Waals surface area contributed by atoms with Crippen LogP contribution in [0.2, 0.25) is 0 Å². The van der Waals surface area contributed by atoms with Gasteiger partial charge in [0.25, 0.3) is 0 Å². The van der Waals surface area contributed by atoms with Crippen LogP contribution in [0, 0.1) is 6.92 Å². The van der Waals surface area contributed by atoms with Gasteiger partial charge in [-0.1, -0.05) is 29.8 Å². The number of rotatable bonds is 1. The van der Waals surface area contributed by atoms with E-state index in [-0.39, 0.29) is 5.54 Å². The first kappa shape index (κ1) is 10.8. The van der Waals surface area contributed by atoms with Crippen LogP contribution in [0.4, 0.5) is 0 Å². The molecule has 0 aliphatic rings. The summed E-state index contributed by atoms with van der Waals surface area (Å²) in [6, 6.07) is 8.08. The van der Waals surface area contributed by atoms with Crippen molar-refractivity contribution < 1.29 is 0 Å². The molecule has 2 N–H and O–H groups in total. The van der Waals surface area contributed by atoms with Gasteiger partial charge in [-0.3, -0.25) is 4.99 Å². The van der Waals surface area contributed by atoms with E-state index in [4.69, 9.17) is 5.73 Å². The maximum absolute atomic E-state index is 5.88. The molecule has 0 aliphatic carbocycles. The molecular formula is C12H18N2. The summed E-state index contributed by atoms with van der Waals surface area (Å²) in [5.41, 5.74) is 7.99. The van der Waals surface area contributed by atoms with E-state index in [0.717, 1.165) is 5.56 Å². The first-order valence-corrected chi connectivity index (χ1v) is 4.81. The van der Waals surface area contributed by atoms with Crippen LogP contribution in [0.5, 0.6) is 0 Å².